The molecule has 2 heterocycles. The number of fused-ring (bicyclic) bond motifs is 1. The lowest BCUT2D eigenvalue weighted by Crippen LogP contribution is -2.28. The number of rotatable bonds is 7. The van der Waals surface area contributed by atoms with Gasteiger partial charge in [-0.3, -0.25) is 4.79 Å². The summed E-state index contributed by atoms with van der Waals surface area (Å²) in [5.41, 5.74) is 1.44. The molecule has 10 heteroatoms. The Morgan fingerprint density at radius 1 is 1.33 bits per heavy atom. The Labute approximate surface area is 187 Å². The minimum absolute atomic E-state index is 0.00158. The molecule has 1 aliphatic carbocycles. The van der Waals surface area contributed by atoms with Crippen molar-refractivity contribution in [2.24, 2.45) is 0 Å². The van der Waals surface area contributed by atoms with Crippen molar-refractivity contribution in [3.05, 3.63) is 47.8 Å². The third-order valence-electron chi connectivity index (χ3n) is 5.59. The highest BCUT2D eigenvalue weighted by atomic mass is 19.3. The number of carbonyl (C=O) groups is 1. The molecule has 33 heavy (non-hydrogen) atoms. The average molecular weight is 458 g/mol. The number of ether oxygens (including phenoxy) is 2. The normalized spacial score (nSPS) is 17.6. The van der Waals surface area contributed by atoms with Gasteiger partial charge in [0.2, 0.25) is 0 Å². The van der Waals surface area contributed by atoms with Gasteiger partial charge in [0.05, 0.1) is 36.3 Å². The first-order valence-corrected chi connectivity index (χ1v) is 10.2. The quantitative estimate of drug-likeness (QED) is 0.572. The summed E-state index contributed by atoms with van der Waals surface area (Å²) in [5.74, 6) is -1.16. The van der Waals surface area contributed by atoms with E-state index in [1.807, 2.05) is 0 Å². The molecule has 1 saturated carbocycles. The molecule has 0 unspecified atom stereocenters. The molecule has 1 amide bonds. The second kappa shape index (κ2) is 8.31. The van der Waals surface area contributed by atoms with Crippen LogP contribution in [-0.2, 0) is 5.41 Å². The molecule has 0 radical (unpaired) electrons. The molecule has 1 N–H and O–H groups in total. The van der Waals surface area contributed by atoms with E-state index in [0.29, 0.717) is 16.6 Å². The van der Waals surface area contributed by atoms with Crippen LogP contribution in [0, 0.1) is 11.3 Å². The number of amides is 1. The van der Waals surface area contributed by atoms with Gasteiger partial charge < -0.3 is 14.8 Å². The first-order valence-electron chi connectivity index (χ1n) is 10.2. The molecule has 1 fully saturated rings. The molecule has 0 spiro atoms. The summed E-state index contributed by atoms with van der Waals surface area (Å²) in [4.78, 5) is 12.7. The van der Waals surface area contributed by atoms with E-state index in [4.69, 9.17) is 4.74 Å². The number of methoxy groups -OCH3 is 1. The minimum Gasteiger partial charge on any atom is -0.496 e. The average Bonchev–Trinajstić information content (AvgIpc) is 3.30. The van der Waals surface area contributed by atoms with Gasteiger partial charge in [-0.25, -0.2) is 8.91 Å². The number of halogens is 3. The maximum Gasteiger partial charge on any atom is 0.387 e. The smallest absolute Gasteiger partial charge is 0.387 e. The van der Waals surface area contributed by atoms with Crippen molar-refractivity contribution in [2.75, 3.05) is 7.11 Å². The number of nitriles is 1. The summed E-state index contributed by atoms with van der Waals surface area (Å²) in [6, 6.07) is 7.95. The Balaban J connectivity index is 1.80. The van der Waals surface area contributed by atoms with Crippen molar-refractivity contribution in [1.29, 1.82) is 5.26 Å². The van der Waals surface area contributed by atoms with E-state index in [9.17, 15) is 23.2 Å². The number of nitrogens with zero attached hydrogens (tertiary/aromatic N) is 3. The number of hydrogen-bond acceptors (Lipinski definition) is 5. The highest BCUT2D eigenvalue weighted by Crippen LogP contribution is 2.38. The van der Waals surface area contributed by atoms with Crippen LogP contribution in [0.3, 0.4) is 0 Å². The van der Waals surface area contributed by atoms with Gasteiger partial charge >= 0.3 is 6.61 Å². The van der Waals surface area contributed by atoms with Gasteiger partial charge in [0.25, 0.3) is 5.91 Å². The molecular weight excluding hydrogens is 437 g/mol. The molecule has 0 saturated heterocycles. The fourth-order valence-corrected chi connectivity index (χ4v) is 3.51. The summed E-state index contributed by atoms with van der Waals surface area (Å²) < 4.78 is 51.1. The highest BCUT2D eigenvalue weighted by Gasteiger charge is 2.40. The molecular formula is C23H21F3N4O3. The lowest BCUT2D eigenvalue weighted by atomic mass is 9.87. The maximum atomic E-state index is 13.2. The van der Waals surface area contributed by atoms with Crippen LogP contribution in [-0.4, -0.2) is 41.5 Å². The Morgan fingerprint density at radius 2 is 2.03 bits per heavy atom. The van der Waals surface area contributed by atoms with E-state index in [0.717, 1.165) is 5.56 Å². The highest BCUT2D eigenvalue weighted by molar-refractivity contribution is 6.01. The van der Waals surface area contributed by atoms with Gasteiger partial charge in [-0.2, -0.15) is 19.1 Å². The van der Waals surface area contributed by atoms with Crippen LogP contribution in [0.15, 0.2) is 36.7 Å². The second-order valence-corrected chi connectivity index (χ2v) is 8.30. The zero-order chi connectivity index (χ0) is 23.9. The van der Waals surface area contributed by atoms with Gasteiger partial charge in [-0.05, 0) is 43.2 Å². The Morgan fingerprint density at radius 3 is 2.64 bits per heavy atom. The van der Waals surface area contributed by atoms with E-state index in [1.165, 1.54) is 25.4 Å². The van der Waals surface area contributed by atoms with Crippen LogP contribution in [0.4, 0.5) is 13.2 Å². The topological polar surface area (TPSA) is 88.7 Å². The predicted molar refractivity (Wildman–Crippen MR) is 113 cm³/mol. The number of benzene rings is 1. The van der Waals surface area contributed by atoms with Crippen LogP contribution in [0.5, 0.6) is 11.5 Å². The van der Waals surface area contributed by atoms with E-state index < -0.39 is 35.9 Å². The van der Waals surface area contributed by atoms with Crippen LogP contribution < -0.4 is 14.8 Å². The summed E-state index contributed by atoms with van der Waals surface area (Å²) in [5, 5.41) is 16.2. The molecule has 1 aromatic carbocycles. The van der Waals surface area contributed by atoms with Crippen molar-refractivity contribution in [3.8, 4) is 28.7 Å². The minimum atomic E-state index is -3.19. The summed E-state index contributed by atoms with van der Waals surface area (Å²) in [6.45, 7) is 0.382. The molecule has 0 aliphatic heterocycles. The van der Waals surface area contributed by atoms with Gasteiger partial charge in [0.15, 0.2) is 0 Å². The van der Waals surface area contributed by atoms with Gasteiger partial charge in [0, 0.05) is 18.2 Å². The summed E-state index contributed by atoms with van der Waals surface area (Å²) in [6.07, 6.45) is 2.27. The van der Waals surface area contributed by atoms with Crippen molar-refractivity contribution in [2.45, 2.75) is 44.5 Å². The molecule has 2 atom stereocenters. The van der Waals surface area contributed by atoms with Gasteiger partial charge in [0.1, 0.15) is 23.2 Å². The zero-order valence-corrected chi connectivity index (χ0v) is 18.1. The lowest BCUT2D eigenvalue weighted by molar-refractivity contribution is -0.0502. The first kappa shape index (κ1) is 22.5. The van der Waals surface area contributed by atoms with Crippen molar-refractivity contribution < 1.29 is 27.4 Å². The molecule has 1 aliphatic rings. The predicted octanol–water partition coefficient (Wildman–Crippen LogP) is 4.25. The number of nitrogens with one attached hydrogen (secondary N) is 1. The van der Waals surface area contributed by atoms with Crippen molar-refractivity contribution in [3.63, 3.8) is 0 Å². The number of alkyl halides is 3. The first-order chi connectivity index (χ1) is 15.6. The summed E-state index contributed by atoms with van der Waals surface area (Å²) in [7, 11) is 1.30. The summed E-state index contributed by atoms with van der Waals surface area (Å²) >= 11 is 0. The van der Waals surface area contributed by atoms with Crippen molar-refractivity contribution >= 4 is 11.4 Å². The maximum absolute atomic E-state index is 13.2. The van der Waals surface area contributed by atoms with E-state index >= 15 is 0 Å². The van der Waals surface area contributed by atoms with Crippen LogP contribution in [0.2, 0.25) is 0 Å². The number of aromatic nitrogens is 2. The molecule has 7 nitrogen and oxygen atoms in total. The Bertz CT molecular complexity index is 1270. The van der Waals surface area contributed by atoms with Gasteiger partial charge in [-0.15, -0.1) is 0 Å². The third kappa shape index (κ3) is 4.31. The molecule has 172 valence electrons. The van der Waals surface area contributed by atoms with Crippen LogP contribution in [0.1, 0.15) is 36.2 Å². The molecule has 0 bridgehead atoms. The van der Waals surface area contributed by atoms with E-state index in [-0.39, 0.29) is 17.7 Å². The second-order valence-electron chi connectivity index (χ2n) is 8.30. The van der Waals surface area contributed by atoms with Crippen molar-refractivity contribution in [1.82, 2.24) is 14.9 Å². The third-order valence-corrected chi connectivity index (χ3v) is 5.59. The SMILES string of the molecule is COc1cc(-c2cnn3cc(C(C)(C)C#N)ccc23)cc(OC(F)F)c1C(=O)N[C@H]1C[C@H]1F. The Hall–Kier alpha value is -3.74. The molecule has 2 aromatic heterocycles. The molecule has 4 rings (SSSR count). The van der Waals surface area contributed by atoms with Crippen LogP contribution >= 0.6 is 0 Å². The fourth-order valence-electron chi connectivity index (χ4n) is 3.51. The zero-order valence-electron chi connectivity index (χ0n) is 18.1. The van der Waals surface area contributed by atoms with E-state index in [1.54, 1.807) is 36.7 Å². The Kier molecular flexibility index (Phi) is 5.66. The largest absolute Gasteiger partial charge is 0.496 e. The standard InChI is InChI=1S/C23H21F3N4O3/c1-23(2,11-27)13-4-5-17-14(9-28-30(17)10-13)12-6-18(32-3)20(19(7-12)33-22(25)26)21(31)29-16-8-15(16)24/h4-7,9-10,15-16,22H,8H2,1-3H3,(H,29,31)/t15-,16+/m1/s1. The molecule has 3 aromatic rings. The van der Waals surface area contributed by atoms with E-state index in [2.05, 4.69) is 21.2 Å². The number of hydrogen-bond donors (Lipinski definition) is 1. The van der Waals surface area contributed by atoms with Gasteiger partial charge in [-0.1, -0.05) is 6.07 Å². The monoisotopic (exact) mass is 458 g/mol. The lowest BCUT2D eigenvalue weighted by Gasteiger charge is -2.17. The number of pyridine rings is 1. The van der Waals surface area contributed by atoms with Crippen LogP contribution in [0.25, 0.3) is 16.6 Å². The number of carbonyl (C=O) groups excluding carboxylic acids is 1. The fraction of sp³-hybridized carbons (Fsp3) is 0.348.